The van der Waals surface area contributed by atoms with Crippen molar-refractivity contribution in [2.75, 3.05) is 0 Å². The number of amidine groups is 1. The van der Waals surface area contributed by atoms with Gasteiger partial charge in [-0.3, -0.25) is 0 Å². The monoisotopic (exact) mass is 308 g/mol. The van der Waals surface area contributed by atoms with Gasteiger partial charge in [0.05, 0.1) is 6.21 Å². The predicted molar refractivity (Wildman–Crippen MR) is 73.1 cm³/mol. The van der Waals surface area contributed by atoms with Crippen LogP contribution < -0.4 is 5.73 Å². The van der Waals surface area contributed by atoms with E-state index in [1.807, 2.05) is 0 Å². The summed E-state index contributed by atoms with van der Waals surface area (Å²) in [5.74, 6) is 0.234. The molecule has 0 aliphatic rings. The fraction of sp³-hybridized carbons (Fsp3) is 0. The van der Waals surface area contributed by atoms with Crippen LogP contribution in [0.1, 0.15) is 11.3 Å². The van der Waals surface area contributed by atoms with Crippen LogP contribution >= 0.6 is 0 Å². The lowest BCUT2D eigenvalue weighted by molar-refractivity contribution is 0.395. The van der Waals surface area contributed by atoms with Gasteiger partial charge in [-0.1, -0.05) is 0 Å². The molecule has 2 rings (SSSR count). The van der Waals surface area contributed by atoms with E-state index in [1.165, 1.54) is 18.2 Å². The Hall–Kier alpha value is -2.65. The van der Waals surface area contributed by atoms with Crippen LogP contribution in [0.5, 0.6) is 5.75 Å². The van der Waals surface area contributed by atoms with Gasteiger partial charge in [0.2, 0.25) is 5.09 Å². The normalized spacial score (nSPS) is 12.9. The molecule has 1 heterocycles. The molecule has 3 N–H and O–H groups in total. The summed E-state index contributed by atoms with van der Waals surface area (Å²) in [4.78, 5) is 0. The van der Waals surface area contributed by atoms with Gasteiger partial charge in [-0.15, -0.1) is 5.10 Å². The fourth-order valence-electron chi connectivity index (χ4n) is 1.38. The highest BCUT2D eigenvalue weighted by molar-refractivity contribution is 7.85. The van der Waals surface area contributed by atoms with Crippen LogP contribution in [-0.2, 0) is 10.1 Å². The summed E-state index contributed by atoms with van der Waals surface area (Å²) in [5, 5.41) is 15.7. The molecule has 1 aromatic carbocycles. The zero-order valence-electron chi connectivity index (χ0n) is 10.5. The number of rotatable bonds is 4. The van der Waals surface area contributed by atoms with Crippen molar-refractivity contribution in [3.8, 4) is 5.75 Å². The van der Waals surface area contributed by atoms with E-state index in [0.29, 0.717) is 5.56 Å². The zero-order chi connectivity index (χ0) is 15.5. The molecular weight excluding hydrogens is 298 g/mol. The number of benzene rings is 1. The second-order valence-electron chi connectivity index (χ2n) is 3.89. The van der Waals surface area contributed by atoms with Crippen LogP contribution in [0, 0.1) is 0 Å². The second kappa shape index (κ2) is 5.77. The molecule has 1 aromatic heterocycles. The smallest absolute Gasteiger partial charge is 0.206 e. The van der Waals surface area contributed by atoms with E-state index in [4.69, 9.17) is 15.3 Å². The summed E-state index contributed by atoms with van der Waals surface area (Å²) in [6.07, 6.45) is 1.11. The van der Waals surface area contributed by atoms with Crippen LogP contribution in [0.25, 0.3) is 0 Å². The highest BCUT2D eigenvalue weighted by Crippen LogP contribution is 2.12. The van der Waals surface area contributed by atoms with Crippen LogP contribution in [0.2, 0.25) is 0 Å². The number of phenols is 1. The Morgan fingerprint density at radius 2 is 1.90 bits per heavy atom. The van der Waals surface area contributed by atoms with Crippen LogP contribution in [0.3, 0.4) is 0 Å². The number of nitrogens with two attached hydrogens (primary N) is 1. The number of aromatic hydroxyl groups is 1. The van der Waals surface area contributed by atoms with Gasteiger partial charge in [0.1, 0.15) is 11.5 Å². The van der Waals surface area contributed by atoms with Crippen LogP contribution in [0.4, 0.5) is 0 Å². The number of phenolic OH excluding ortho intramolecular Hbond substituents is 1. The quantitative estimate of drug-likeness (QED) is 0.367. The first-order valence-electron chi connectivity index (χ1n) is 5.58. The minimum atomic E-state index is -4.63. The van der Waals surface area contributed by atoms with Gasteiger partial charge in [-0.2, -0.15) is 5.10 Å². The SMILES string of the molecule is N/C(=N\N=C\c1ccc(S(=O)(=O)[O-])o1)c1ccc(O)cc1. The van der Waals surface area contributed by atoms with E-state index in [0.717, 1.165) is 12.3 Å². The van der Waals surface area contributed by atoms with Gasteiger partial charge in [-0.25, -0.2) is 8.42 Å². The Balaban J connectivity index is 2.12. The first-order valence-corrected chi connectivity index (χ1v) is 6.99. The molecule has 9 heteroatoms. The van der Waals surface area contributed by atoms with Gasteiger partial charge in [0.15, 0.2) is 16.0 Å². The van der Waals surface area contributed by atoms with E-state index < -0.39 is 15.2 Å². The molecule has 0 amide bonds. The first-order chi connectivity index (χ1) is 9.86. The summed E-state index contributed by atoms with van der Waals surface area (Å²) in [6.45, 7) is 0. The molecule has 0 spiro atoms. The number of hydrogen-bond acceptors (Lipinski definition) is 7. The maximum Gasteiger partial charge on any atom is 0.206 e. The molecule has 21 heavy (non-hydrogen) atoms. The minimum absolute atomic E-state index is 0.0479. The molecule has 0 bridgehead atoms. The van der Waals surface area contributed by atoms with Crippen molar-refractivity contribution in [1.82, 2.24) is 0 Å². The van der Waals surface area contributed by atoms with Gasteiger partial charge in [0.25, 0.3) is 0 Å². The Kier molecular flexibility index (Phi) is 4.05. The van der Waals surface area contributed by atoms with E-state index >= 15 is 0 Å². The summed E-state index contributed by atoms with van der Waals surface area (Å²) in [5.41, 5.74) is 6.21. The molecule has 2 aromatic rings. The highest BCUT2D eigenvalue weighted by Gasteiger charge is 2.06. The van der Waals surface area contributed by atoms with Crippen molar-refractivity contribution in [1.29, 1.82) is 0 Å². The zero-order valence-corrected chi connectivity index (χ0v) is 11.3. The number of furan rings is 1. The molecule has 0 saturated heterocycles. The molecule has 0 aliphatic heterocycles. The summed E-state index contributed by atoms with van der Waals surface area (Å²) in [6, 6.07) is 8.29. The maximum atomic E-state index is 10.7. The maximum absolute atomic E-state index is 10.7. The van der Waals surface area contributed by atoms with Crippen molar-refractivity contribution in [3.63, 3.8) is 0 Å². The molecule has 0 atom stereocenters. The van der Waals surface area contributed by atoms with Gasteiger partial charge in [0, 0.05) is 5.56 Å². The third kappa shape index (κ3) is 3.91. The largest absolute Gasteiger partial charge is 0.742 e. The number of nitrogens with zero attached hydrogens (tertiary/aromatic N) is 2. The van der Waals surface area contributed by atoms with Crippen molar-refractivity contribution >= 4 is 22.2 Å². The predicted octanol–water partition coefficient (Wildman–Crippen LogP) is 0.629. The fourth-order valence-corrected chi connectivity index (χ4v) is 1.81. The Morgan fingerprint density at radius 3 is 2.48 bits per heavy atom. The van der Waals surface area contributed by atoms with Gasteiger partial charge >= 0.3 is 0 Å². The number of hydrogen-bond donors (Lipinski definition) is 2. The van der Waals surface area contributed by atoms with Crippen molar-refractivity contribution in [2.45, 2.75) is 5.09 Å². The highest BCUT2D eigenvalue weighted by atomic mass is 32.2. The lowest BCUT2D eigenvalue weighted by Gasteiger charge is -2.00. The average Bonchev–Trinajstić information content (AvgIpc) is 2.88. The van der Waals surface area contributed by atoms with Crippen molar-refractivity contribution < 1.29 is 22.5 Å². The van der Waals surface area contributed by atoms with Crippen LogP contribution in [0.15, 0.2) is 56.1 Å². The Morgan fingerprint density at radius 1 is 1.24 bits per heavy atom. The molecule has 0 aliphatic carbocycles. The molecule has 8 nitrogen and oxygen atoms in total. The van der Waals surface area contributed by atoms with E-state index in [-0.39, 0.29) is 17.3 Å². The Bertz CT molecular complexity index is 791. The van der Waals surface area contributed by atoms with Crippen molar-refractivity contribution in [3.05, 3.63) is 47.7 Å². The van der Waals surface area contributed by atoms with E-state index in [9.17, 15) is 13.0 Å². The first kappa shape index (κ1) is 14.8. The lowest BCUT2D eigenvalue weighted by Crippen LogP contribution is -2.12. The molecular formula is C12H10N3O5S-. The third-order valence-electron chi connectivity index (χ3n) is 2.36. The van der Waals surface area contributed by atoms with Gasteiger partial charge in [-0.05, 0) is 36.4 Å². The third-order valence-corrected chi connectivity index (χ3v) is 3.07. The topological polar surface area (TPSA) is 141 Å². The van der Waals surface area contributed by atoms with E-state index in [1.54, 1.807) is 12.1 Å². The Labute approximate surface area is 120 Å². The molecule has 0 radical (unpaired) electrons. The van der Waals surface area contributed by atoms with Crippen LogP contribution in [-0.4, -0.2) is 30.1 Å². The molecule has 110 valence electrons. The van der Waals surface area contributed by atoms with Gasteiger partial charge < -0.3 is 19.8 Å². The summed E-state index contributed by atoms with van der Waals surface area (Å²) >= 11 is 0. The summed E-state index contributed by atoms with van der Waals surface area (Å²) < 4.78 is 36.8. The molecule has 0 unspecified atom stereocenters. The molecule has 0 saturated carbocycles. The minimum Gasteiger partial charge on any atom is -0.742 e. The van der Waals surface area contributed by atoms with Crippen molar-refractivity contribution in [2.24, 2.45) is 15.9 Å². The van der Waals surface area contributed by atoms with E-state index in [2.05, 4.69) is 10.2 Å². The summed E-state index contributed by atoms with van der Waals surface area (Å²) in [7, 11) is -4.63. The average molecular weight is 308 g/mol. The lowest BCUT2D eigenvalue weighted by atomic mass is 10.2. The second-order valence-corrected chi connectivity index (χ2v) is 5.20. The molecule has 0 fully saturated rings. The standard InChI is InChI=1S/C12H11N3O5S/c13-12(8-1-3-9(16)4-2-8)15-14-7-10-5-6-11(20-10)21(17,18)19/h1-7,16H,(H2,13,15)(H,17,18,19)/p-1/b14-7+.